The lowest BCUT2D eigenvalue weighted by Crippen LogP contribution is -2.29. The Morgan fingerprint density at radius 3 is 2.26 bits per heavy atom. The van der Waals surface area contributed by atoms with Crippen LogP contribution in [0, 0.1) is 0 Å². The van der Waals surface area contributed by atoms with Gasteiger partial charge in [0, 0.05) is 11.6 Å². The van der Waals surface area contributed by atoms with Crippen LogP contribution in [-0.4, -0.2) is 39.9 Å². The predicted octanol–water partition coefficient (Wildman–Crippen LogP) is 5.32. The molecule has 35 heavy (non-hydrogen) atoms. The summed E-state index contributed by atoms with van der Waals surface area (Å²) in [7, 11) is 1.36. The molecule has 0 radical (unpaired) electrons. The molecule has 3 aromatic rings. The van der Waals surface area contributed by atoms with E-state index in [4.69, 9.17) is 33.0 Å². The fraction of sp³-hybridized carbons (Fsp3) is 0.115. The second-order valence-corrected chi connectivity index (χ2v) is 8.65. The number of likely N-dealkylation sites (tertiary alicyclic amines) is 1. The largest absolute Gasteiger partial charge is 0.507 e. The first-order chi connectivity index (χ1) is 16.7. The zero-order valence-corrected chi connectivity index (χ0v) is 19.9. The molecule has 0 aromatic heterocycles. The third-order valence-electron chi connectivity index (χ3n) is 5.68. The molecule has 1 fully saturated rings. The van der Waals surface area contributed by atoms with E-state index in [1.165, 1.54) is 36.3 Å². The summed E-state index contributed by atoms with van der Waals surface area (Å²) in [6.07, 6.45) is 0. The number of Topliss-reactive ketones (excluding diaryl/α,β-unsaturated/α-hetero) is 1. The van der Waals surface area contributed by atoms with Crippen molar-refractivity contribution in [3.63, 3.8) is 0 Å². The van der Waals surface area contributed by atoms with E-state index in [0.29, 0.717) is 11.1 Å². The van der Waals surface area contributed by atoms with E-state index in [1.54, 1.807) is 42.5 Å². The Morgan fingerprint density at radius 2 is 1.66 bits per heavy atom. The Balaban J connectivity index is 1.87. The molecular formula is C26H19Cl2NO6. The van der Waals surface area contributed by atoms with Gasteiger partial charge in [-0.3, -0.25) is 9.59 Å². The van der Waals surface area contributed by atoms with Crippen LogP contribution in [0.4, 0.5) is 0 Å². The zero-order chi connectivity index (χ0) is 25.3. The Bertz CT molecular complexity index is 1350. The minimum absolute atomic E-state index is 0.00818. The normalized spacial score (nSPS) is 17.0. The molecule has 3 aromatic carbocycles. The molecule has 0 aliphatic carbocycles. The second-order valence-electron chi connectivity index (χ2n) is 7.81. The Morgan fingerprint density at radius 1 is 1.00 bits per heavy atom. The number of carboxylic acid groups (broad SMARTS) is 1. The lowest BCUT2D eigenvalue weighted by Gasteiger charge is -2.25. The van der Waals surface area contributed by atoms with Crippen molar-refractivity contribution in [2.45, 2.75) is 12.6 Å². The van der Waals surface area contributed by atoms with Gasteiger partial charge in [0.2, 0.25) is 0 Å². The molecule has 0 bridgehead atoms. The van der Waals surface area contributed by atoms with Crippen LogP contribution < -0.4 is 4.74 Å². The predicted molar refractivity (Wildman–Crippen MR) is 131 cm³/mol. The standard InChI is InChI=1S/C26H19Cl2NO6/c1-35-24-18(11-17(27)12-19(24)28)22(30)20-21(15-5-3-2-4-6-15)29(25(32)23(20)31)13-14-7-9-16(10-8-14)26(33)34/h2-12,21,30H,13H2,1H3,(H,33,34)/b22-20+. The summed E-state index contributed by atoms with van der Waals surface area (Å²) in [4.78, 5) is 38.9. The molecule has 1 unspecified atom stereocenters. The SMILES string of the molecule is COc1c(Cl)cc(Cl)cc1/C(O)=C1\C(=O)C(=O)N(Cc2ccc(C(=O)O)cc2)C1c1ccccc1. The summed E-state index contributed by atoms with van der Waals surface area (Å²) in [6, 6.07) is 16.7. The van der Waals surface area contributed by atoms with Crippen LogP contribution in [0.1, 0.15) is 33.1 Å². The molecule has 178 valence electrons. The third-order valence-corrected chi connectivity index (χ3v) is 6.18. The van der Waals surface area contributed by atoms with Crippen molar-refractivity contribution in [1.82, 2.24) is 4.90 Å². The van der Waals surface area contributed by atoms with Gasteiger partial charge >= 0.3 is 5.97 Å². The van der Waals surface area contributed by atoms with E-state index in [2.05, 4.69) is 0 Å². The number of carbonyl (C=O) groups is 3. The van der Waals surface area contributed by atoms with Crippen molar-refractivity contribution in [3.05, 3.63) is 105 Å². The van der Waals surface area contributed by atoms with Crippen molar-refractivity contribution in [3.8, 4) is 5.75 Å². The molecule has 2 N–H and O–H groups in total. The first kappa shape index (κ1) is 24.3. The van der Waals surface area contributed by atoms with Gasteiger partial charge in [0.05, 0.1) is 34.9 Å². The number of ether oxygens (including phenoxy) is 1. The lowest BCUT2D eigenvalue weighted by molar-refractivity contribution is -0.140. The molecule has 9 heteroatoms. The average Bonchev–Trinajstić information content (AvgIpc) is 3.09. The van der Waals surface area contributed by atoms with Crippen LogP contribution in [0.5, 0.6) is 5.75 Å². The van der Waals surface area contributed by atoms with Crippen molar-refractivity contribution in [1.29, 1.82) is 0 Å². The van der Waals surface area contributed by atoms with Gasteiger partial charge in [-0.2, -0.15) is 0 Å². The molecule has 1 heterocycles. The minimum atomic E-state index is -1.07. The Labute approximate surface area is 210 Å². The Kier molecular flexibility index (Phi) is 6.82. The van der Waals surface area contributed by atoms with Gasteiger partial charge in [0.15, 0.2) is 0 Å². The van der Waals surface area contributed by atoms with Crippen LogP contribution in [0.25, 0.3) is 5.76 Å². The van der Waals surface area contributed by atoms with E-state index < -0.39 is 29.5 Å². The van der Waals surface area contributed by atoms with Crippen molar-refractivity contribution < 1.29 is 29.3 Å². The fourth-order valence-electron chi connectivity index (χ4n) is 4.06. The average molecular weight is 512 g/mol. The lowest BCUT2D eigenvalue weighted by atomic mass is 9.95. The monoisotopic (exact) mass is 511 g/mol. The number of carbonyl (C=O) groups excluding carboxylic acids is 2. The number of methoxy groups -OCH3 is 1. The molecule has 7 nitrogen and oxygen atoms in total. The smallest absolute Gasteiger partial charge is 0.335 e. The van der Waals surface area contributed by atoms with Crippen molar-refractivity contribution in [2.75, 3.05) is 7.11 Å². The molecule has 1 saturated heterocycles. The number of aromatic carboxylic acids is 1. The molecule has 1 aliphatic rings. The first-order valence-corrected chi connectivity index (χ1v) is 11.2. The number of hydrogen-bond acceptors (Lipinski definition) is 5. The maximum atomic E-state index is 13.2. The number of ketones is 1. The van der Waals surface area contributed by atoms with Gasteiger partial charge in [-0.1, -0.05) is 65.7 Å². The Hall–Kier alpha value is -3.81. The third kappa shape index (κ3) is 4.60. The van der Waals surface area contributed by atoms with Crippen LogP contribution in [0.3, 0.4) is 0 Å². The zero-order valence-electron chi connectivity index (χ0n) is 18.4. The molecular weight excluding hydrogens is 493 g/mol. The minimum Gasteiger partial charge on any atom is -0.507 e. The van der Waals surface area contributed by atoms with Gasteiger partial charge in [-0.25, -0.2) is 4.79 Å². The molecule has 1 amide bonds. The maximum Gasteiger partial charge on any atom is 0.335 e. The van der Waals surface area contributed by atoms with E-state index >= 15 is 0 Å². The van der Waals surface area contributed by atoms with Gasteiger partial charge in [-0.05, 0) is 35.4 Å². The number of aliphatic hydroxyl groups is 1. The topological polar surface area (TPSA) is 104 Å². The number of nitrogens with zero attached hydrogens (tertiary/aromatic N) is 1. The van der Waals surface area contributed by atoms with E-state index in [-0.39, 0.29) is 39.0 Å². The number of rotatable bonds is 6. The number of benzene rings is 3. The summed E-state index contributed by atoms with van der Waals surface area (Å²) < 4.78 is 5.33. The highest BCUT2D eigenvalue weighted by Crippen LogP contribution is 2.43. The highest BCUT2D eigenvalue weighted by molar-refractivity contribution is 6.46. The molecule has 1 aliphatic heterocycles. The molecule has 0 spiro atoms. The highest BCUT2D eigenvalue weighted by atomic mass is 35.5. The van der Waals surface area contributed by atoms with Crippen LogP contribution in [0.2, 0.25) is 10.0 Å². The number of hydrogen-bond donors (Lipinski definition) is 2. The molecule has 1 atom stereocenters. The number of aliphatic hydroxyl groups excluding tert-OH is 1. The quantitative estimate of drug-likeness (QED) is 0.263. The van der Waals surface area contributed by atoms with Crippen molar-refractivity contribution >= 4 is 46.6 Å². The number of amides is 1. The fourth-order valence-corrected chi connectivity index (χ4v) is 4.63. The number of halogens is 2. The summed E-state index contributed by atoms with van der Waals surface area (Å²) >= 11 is 12.4. The van der Waals surface area contributed by atoms with E-state index in [9.17, 15) is 19.5 Å². The van der Waals surface area contributed by atoms with Crippen LogP contribution >= 0.6 is 23.2 Å². The maximum absolute atomic E-state index is 13.2. The number of carboxylic acids is 1. The van der Waals surface area contributed by atoms with Gasteiger partial charge in [0.1, 0.15) is 11.5 Å². The highest BCUT2D eigenvalue weighted by Gasteiger charge is 2.46. The summed E-state index contributed by atoms with van der Waals surface area (Å²) in [5.74, 6) is -3.13. The van der Waals surface area contributed by atoms with E-state index in [0.717, 1.165) is 0 Å². The first-order valence-electron chi connectivity index (χ1n) is 10.4. The molecule has 0 saturated carbocycles. The van der Waals surface area contributed by atoms with Crippen LogP contribution in [0.15, 0.2) is 72.3 Å². The summed E-state index contributed by atoms with van der Waals surface area (Å²) in [6.45, 7) is 0.00818. The van der Waals surface area contributed by atoms with Gasteiger partial charge < -0.3 is 19.8 Å². The van der Waals surface area contributed by atoms with Gasteiger partial charge in [0.25, 0.3) is 11.7 Å². The van der Waals surface area contributed by atoms with E-state index in [1.807, 2.05) is 0 Å². The van der Waals surface area contributed by atoms with Crippen LogP contribution in [-0.2, 0) is 16.1 Å². The summed E-state index contributed by atoms with van der Waals surface area (Å²) in [5.41, 5.74) is 1.25. The van der Waals surface area contributed by atoms with Crippen molar-refractivity contribution in [2.24, 2.45) is 0 Å². The summed E-state index contributed by atoms with van der Waals surface area (Å²) in [5, 5.41) is 20.8. The molecule has 4 rings (SSSR count). The second kappa shape index (κ2) is 9.82. The van der Waals surface area contributed by atoms with Gasteiger partial charge in [-0.15, -0.1) is 0 Å².